The van der Waals surface area contributed by atoms with Crippen LogP contribution in [0.2, 0.25) is 0 Å². The van der Waals surface area contributed by atoms with Gasteiger partial charge in [-0.15, -0.1) is 0 Å². The van der Waals surface area contributed by atoms with Gasteiger partial charge in [-0.1, -0.05) is 94.9 Å². The van der Waals surface area contributed by atoms with Gasteiger partial charge in [-0.3, -0.25) is 0 Å². The van der Waals surface area contributed by atoms with Crippen LogP contribution in [0.1, 0.15) is 5.56 Å². The zero-order valence-corrected chi connectivity index (χ0v) is 25.1. The highest BCUT2D eigenvalue weighted by molar-refractivity contribution is 6.23. The molecule has 2 aliphatic heterocycles. The van der Waals surface area contributed by atoms with Crippen molar-refractivity contribution in [1.82, 2.24) is 14.5 Å². The van der Waals surface area contributed by atoms with E-state index in [-0.39, 0.29) is 6.04 Å². The molecule has 218 valence electrons. The second kappa shape index (κ2) is 9.12. The van der Waals surface area contributed by atoms with E-state index in [2.05, 4.69) is 143 Å². The molecule has 0 bridgehead atoms. The summed E-state index contributed by atoms with van der Waals surface area (Å²) >= 11 is 0. The molecule has 0 radical (unpaired) electrons. The third kappa shape index (κ3) is 3.35. The van der Waals surface area contributed by atoms with Crippen LogP contribution < -0.4 is 9.48 Å². The molecule has 8 aromatic rings. The van der Waals surface area contributed by atoms with E-state index in [0.29, 0.717) is 5.95 Å². The molecule has 0 N–H and O–H groups in total. The van der Waals surface area contributed by atoms with Gasteiger partial charge in [-0.05, 0) is 77.2 Å². The van der Waals surface area contributed by atoms with Crippen LogP contribution in [-0.4, -0.2) is 21.7 Å². The van der Waals surface area contributed by atoms with Crippen molar-refractivity contribution in [3.05, 3.63) is 151 Å². The minimum atomic E-state index is -0.0254. The van der Waals surface area contributed by atoms with E-state index in [9.17, 15) is 0 Å². The number of rotatable bonds is 2. The summed E-state index contributed by atoms with van der Waals surface area (Å²) in [5.74, 6) is 0.654. The zero-order valence-electron chi connectivity index (χ0n) is 25.1. The number of hydrogen-bond donors (Lipinski definition) is 0. The first-order valence-electron chi connectivity index (χ1n) is 16.0. The maximum absolute atomic E-state index is 6.17. The smallest absolute Gasteiger partial charge is 0.439 e. The number of para-hydroxylation sites is 4. The van der Waals surface area contributed by atoms with Gasteiger partial charge in [-0.25, -0.2) is 0 Å². The largest absolute Gasteiger partial charge is 0.456 e. The molecule has 5 nitrogen and oxygen atoms in total. The Kier molecular flexibility index (Phi) is 4.83. The predicted octanol–water partition coefficient (Wildman–Crippen LogP) is 10.1. The van der Waals surface area contributed by atoms with E-state index in [1.165, 1.54) is 27.6 Å². The third-order valence-electron chi connectivity index (χ3n) is 9.91. The molecule has 11 rings (SSSR count). The normalized spacial score (nSPS) is 16.2. The lowest BCUT2D eigenvalue weighted by Gasteiger charge is -2.44. The molecule has 2 aromatic heterocycles. The highest BCUT2D eigenvalue weighted by atomic mass is 16.3. The number of allylic oxidation sites excluding steroid dienone is 2. The molecule has 47 heavy (non-hydrogen) atoms. The van der Waals surface area contributed by atoms with E-state index in [4.69, 9.17) is 14.4 Å². The van der Waals surface area contributed by atoms with Crippen molar-refractivity contribution >= 4 is 77.9 Å². The van der Waals surface area contributed by atoms with Crippen LogP contribution in [0.3, 0.4) is 0 Å². The SMILES string of the molecule is C1=CC2=[N+](c3nc(-c4ccc5oc6ccccc6c5c4)c4ccccc4n3)c3ccccc3N3c4cccc5cccc(c45)C(=C1)C23. The standard InChI is InChI=1S/C42H25N4O/c1-3-16-32-30(13-1)40(26-22-23-38-31(24-26)27-12-2-6-21-37(27)47-38)44-42(43-32)46-34-18-5-4-17-33(34)45-35-19-8-11-25-10-7-14-28(39(25)35)29-15-9-20-36(46)41(29)45/h1-24,41H/q+1. The average Bonchev–Trinajstić information content (AvgIpc) is 3.50. The summed E-state index contributed by atoms with van der Waals surface area (Å²) in [5, 5.41) is 5.74. The van der Waals surface area contributed by atoms with E-state index < -0.39 is 0 Å². The molecule has 4 heterocycles. The molecular formula is C42H25N4O+. The Labute approximate surface area is 269 Å². The fraction of sp³-hybridized carbons (Fsp3) is 0.0238. The van der Waals surface area contributed by atoms with Crippen LogP contribution in [0.25, 0.3) is 60.4 Å². The van der Waals surface area contributed by atoms with Crippen molar-refractivity contribution in [2.45, 2.75) is 6.04 Å². The molecule has 1 atom stereocenters. The molecule has 0 saturated carbocycles. The van der Waals surface area contributed by atoms with Crippen LogP contribution in [0.5, 0.6) is 0 Å². The topological polar surface area (TPSA) is 45.2 Å². The Hall–Kier alpha value is -6.33. The van der Waals surface area contributed by atoms with Gasteiger partial charge in [-0.2, -0.15) is 4.58 Å². The van der Waals surface area contributed by atoms with Crippen molar-refractivity contribution in [1.29, 1.82) is 0 Å². The van der Waals surface area contributed by atoms with Crippen molar-refractivity contribution in [2.24, 2.45) is 0 Å². The monoisotopic (exact) mass is 601 g/mol. The Balaban J connectivity index is 1.20. The fourth-order valence-corrected chi connectivity index (χ4v) is 7.94. The number of hydrogen-bond acceptors (Lipinski definition) is 4. The summed E-state index contributed by atoms with van der Waals surface area (Å²) in [4.78, 5) is 13.2. The van der Waals surface area contributed by atoms with Gasteiger partial charge in [0, 0.05) is 21.7 Å². The van der Waals surface area contributed by atoms with E-state index in [1.807, 2.05) is 12.1 Å². The van der Waals surface area contributed by atoms with Crippen molar-refractivity contribution in [3.8, 4) is 11.3 Å². The van der Waals surface area contributed by atoms with E-state index in [0.717, 1.165) is 61.2 Å². The van der Waals surface area contributed by atoms with Gasteiger partial charge >= 0.3 is 5.95 Å². The van der Waals surface area contributed by atoms with Crippen molar-refractivity contribution in [2.75, 3.05) is 4.90 Å². The van der Waals surface area contributed by atoms with Gasteiger partial charge in [0.1, 0.15) is 28.6 Å². The summed E-state index contributed by atoms with van der Waals surface area (Å²) in [6.45, 7) is 0. The Morgan fingerprint density at radius 3 is 2.40 bits per heavy atom. The Bertz CT molecular complexity index is 2760. The van der Waals surface area contributed by atoms with Crippen molar-refractivity contribution < 1.29 is 4.42 Å². The van der Waals surface area contributed by atoms with Gasteiger partial charge in [0.25, 0.3) is 0 Å². The van der Waals surface area contributed by atoms with Crippen LogP contribution in [-0.2, 0) is 0 Å². The van der Waals surface area contributed by atoms with E-state index in [1.54, 1.807) is 0 Å². The number of anilines is 2. The first-order chi connectivity index (χ1) is 23.3. The molecule has 1 aliphatic carbocycles. The quantitative estimate of drug-likeness (QED) is 0.185. The summed E-state index contributed by atoms with van der Waals surface area (Å²) in [5.41, 5.74) is 11.7. The molecule has 5 heteroatoms. The average molecular weight is 602 g/mol. The molecule has 0 fully saturated rings. The summed E-state index contributed by atoms with van der Waals surface area (Å²) in [7, 11) is 0. The van der Waals surface area contributed by atoms with Crippen LogP contribution >= 0.6 is 0 Å². The maximum Gasteiger partial charge on any atom is 0.439 e. The molecule has 3 aliphatic rings. The summed E-state index contributed by atoms with van der Waals surface area (Å²) in [6, 6.07) is 44.8. The van der Waals surface area contributed by atoms with Crippen LogP contribution in [0.4, 0.5) is 23.0 Å². The molecule has 0 saturated heterocycles. The lowest BCUT2D eigenvalue weighted by atomic mass is 9.81. The van der Waals surface area contributed by atoms with Gasteiger partial charge in [0.05, 0.1) is 16.8 Å². The lowest BCUT2D eigenvalue weighted by Crippen LogP contribution is -2.48. The second-order valence-electron chi connectivity index (χ2n) is 12.4. The summed E-state index contributed by atoms with van der Waals surface area (Å²) < 4.78 is 8.44. The first kappa shape index (κ1) is 24.9. The summed E-state index contributed by atoms with van der Waals surface area (Å²) in [6.07, 6.45) is 6.68. The lowest BCUT2D eigenvalue weighted by molar-refractivity contribution is 0.669. The van der Waals surface area contributed by atoms with Crippen molar-refractivity contribution in [3.63, 3.8) is 0 Å². The molecule has 6 aromatic carbocycles. The van der Waals surface area contributed by atoms with E-state index >= 15 is 0 Å². The van der Waals surface area contributed by atoms with Gasteiger partial charge in [0.15, 0.2) is 11.2 Å². The highest BCUT2D eigenvalue weighted by Crippen LogP contribution is 2.51. The minimum Gasteiger partial charge on any atom is -0.456 e. The molecule has 0 amide bonds. The predicted molar refractivity (Wildman–Crippen MR) is 192 cm³/mol. The molecule has 0 spiro atoms. The number of fused-ring (bicyclic) bond motifs is 8. The van der Waals surface area contributed by atoms with Crippen LogP contribution in [0, 0.1) is 0 Å². The molecule has 1 unspecified atom stereocenters. The Morgan fingerprint density at radius 1 is 0.660 bits per heavy atom. The Morgan fingerprint density at radius 2 is 1.45 bits per heavy atom. The number of aromatic nitrogens is 2. The van der Waals surface area contributed by atoms with Gasteiger partial charge in [0.2, 0.25) is 0 Å². The van der Waals surface area contributed by atoms with Crippen LogP contribution in [0.15, 0.2) is 150 Å². The fourth-order valence-electron chi connectivity index (χ4n) is 7.94. The highest BCUT2D eigenvalue weighted by Gasteiger charge is 2.44. The number of nitrogens with zero attached hydrogens (tertiary/aromatic N) is 4. The second-order valence-corrected chi connectivity index (χ2v) is 12.4. The third-order valence-corrected chi connectivity index (χ3v) is 9.91. The number of furan rings is 1. The minimum absolute atomic E-state index is 0.0254. The first-order valence-corrected chi connectivity index (χ1v) is 16.0. The van der Waals surface area contributed by atoms with Gasteiger partial charge < -0.3 is 9.32 Å². The zero-order chi connectivity index (χ0) is 30.6. The maximum atomic E-state index is 6.17. The molecular weight excluding hydrogens is 576 g/mol. The number of benzene rings is 6.